The molecule has 10 heavy (non-hydrogen) atoms. The zero-order valence-corrected chi connectivity index (χ0v) is 5.70. The van der Waals surface area contributed by atoms with Crippen LogP contribution in [0.4, 0.5) is 0 Å². The summed E-state index contributed by atoms with van der Waals surface area (Å²) in [5.41, 5.74) is 0. The smallest absolute Gasteiger partial charge is 0.234 e. The zero-order valence-electron chi connectivity index (χ0n) is 5.70. The van der Waals surface area contributed by atoms with E-state index in [4.69, 9.17) is 5.11 Å². The second-order valence-electron chi connectivity index (χ2n) is 1.89. The fourth-order valence-electron chi connectivity index (χ4n) is 0.436. The number of carbonyl (C=O) groups is 1. The Morgan fingerprint density at radius 2 is 2.40 bits per heavy atom. The van der Waals surface area contributed by atoms with Gasteiger partial charge in [0.2, 0.25) is 6.08 Å². The SMILES string of the molecule is CC(=O)C(O)CCN=C=O. The zero-order chi connectivity index (χ0) is 7.98. The molecule has 0 aliphatic carbocycles. The molecule has 0 rings (SSSR count). The van der Waals surface area contributed by atoms with E-state index in [1.54, 1.807) is 0 Å². The Hall–Kier alpha value is -0.990. The van der Waals surface area contributed by atoms with Crippen LogP contribution >= 0.6 is 0 Å². The first-order valence-corrected chi connectivity index (χ1v) is 2.90. The third kappa shape index (κ3) is 3.95. The highest BCUT2D eigenvalue weighted by Crippen LogP contribution is 1.91. The summed E-state index contributed by atoms with van der Waals surface area (Å²) in [7, 11) is 0. The second kappa shape index (κ2) is 4.85. The average molecular weight is 143 g/mol. The molecule has 0 aliphatic heterocycles. The lowest BCUT2D eigenvalue weighted by Gasteiger charge is -2.00. The molecule has 4 nitrogen and oxygen atoms in total. The van der Waals surface area contributed by atoms with E-state index in [-0.39, 0.29) is 18.7 Å². The van der Waals surface area contributed by atoms with Gasteiger partial charge < -0.3 is 5.11 Å². The Morgan fingerprint density at radius 1 is 1.80 bits per heavy atom. The molecule has 0 aromatic carbocycles. The Kier molecular flexibility index (Phi) is 4.37. The fourth-order valence-corrected chi connectivity index (χ4v) is 0.436. The molecule has 0 spiro atoms. The predicted molar refractivity (Wildman–Crippen MR) is 34.3 cm³/mol. The number of rotatable bonds is 4. The molecule has 1 N–H and O–H groups in total. The topological polar surface area (TPSA) is 66.7 Å². The van der Waals surface area contributed by atoms with Gasteiger partial charge >= 0.3 is 0 Å². The first kappa shape index (κ1) is 9.01. The van der Waals surface area contributed by atoms with Crippen molar-refractivity contribution in [1.29, 1.82) is 0 Å². The minimum Gasteiger partial charge on any atom is -0.385 e. The van der Waals surface area contributed by atoms with Crippen molar-refractivity contribution < 1.29 is 14.7 Å². The van der Waals surface area contributed by atoms with Crippen LogP contribution in [0.15, 0.2) is 4.99 Å². The van der Waals surface area contributed by atoms with Crippen molar-refractivity contribution in [2.75, 3.05) is 6.54 Å². The molecule has 0 aliphatic rings. The van der Waals surface area contributed by atoms with Crippen molar-refractivity contribution in [2.45, 2.75) is 19.4 Å². The van der Waals surface area contributed by atoms with Gasteiger partial charge in [-0.1, -0.05) is 0 Å². The highest BCUT2D eigenvalue weighted by atomic mass is 16.3. The second-order valence-corrected chi connectivity index (χ2v) is 1.89. The molecule has 0 saturated heterocycles. The molecule has 0 radical (unpaired) electrons. The van der Waals surface area contributed by atoms with Crippen LogP contribution in [0.5, 0.6) is 0 Å². The summed E-state index contributed by atoms with van der Waals surface area (Å²) in [4.78, 5) is 23.0. The van der Waals surface area contributed by atoms with Gasteiger partial charge in [-0.25, -0.2) is 9.79 Å². The summed E-state index contributed by atoms with van der Waals surface area (Å²) in [6.45, 7) is 1.44. The van der Waals surface area contributed by atoms with E-state index in [1.807, 2.05) is 0 Å². The summed E-state index contributed by atoms with van der Waals surface area (Å²) in [5, 5.41) is 8.81. The number of aliphatic hydroxyl groups is 1. The number of carbonyl (C=O) groups excluding carboxylic acids is 2. The monoisotopic (exact) mass is 143 g/mol. The van der Waals surface area contributed by atoms with Crippen molar-refractivity contribution in [1.82, 2.24) is 0 Å². The van der Waals surface area contributed by atoms with E-state index >= 15 is 0 Å². The van der Waals surface area contributed by atoms with Gasteiger partial charge in [0.25, 0.3) is 0 Å². The number of isocyanates is 1. The summed E-state index contributed by atoms with van der Waals surface area (Å²) in [6, 6.07) is 0. The van der Waals surface area contributed by atoms with E-state index in [2.05, 4.69) is 4.99 Å². The lowest BCUT2D eigenvalue weighted by atomic mass is 10.2. The fraction of sp³-hybridized carbons (Fsp3) is 0.667. The number of aliphatic hydroxyl groups excluding tert-OH is 1. The quantitative estimate of drug-likeness (QED) is 0.432. The largest absolute Gasteiger partial charge is 0.385 e. The van der Waals surface area contributed by atoms with Crippen molar-refractivity contribution >= 4 is 11.9 Å². The van der Waals surface area contributed by atoms with Crippen LogP contribution in [0, 0.1) is 0 Å². The molecule has 0 heterocycles. The van der Waals surface area contributed by atoms with Crippen molar-refractivity contribution in [2.24, 2.45) is 4.99 Å². The number of ketones is 1. The molecule has 0 amide bonds. The molecule has 56 valence electrons. The van der Waals surface area contributed by atoms with Gasteiger partial charge in [0.15, 0.2) is 5.78 Å². The molecule has 0 saturated carbocycles. The Morgan fingerprint density at radius 3 is 2.80 bits per heavy atom. The Balaban J connectivity index is 3.48. The van der Waals surface area contributed by atoms with Crippen LogP contribution in [-0.4, -0.2) is 29.6 Å². The van der Waals surface area contributed by atoms with Crippen molar-refractivity contribution in [3.8, 4) is 0 Å². The normalized spacial score (nSPS) is 11.8. The lowest BCUT2D eigenvalue weighted by Crippen LogP contribution is -2.17. The highest BCUT2D eigenvalue weighted by molar-refractivity contribution is 5.80. The molecule has 4 heteroatoms. The van der Waals surface area contributed by atoms with Gasteiger partial charge in [-0.05, 0) is 6.92 Å². The Bertz CT molecular complexity index is 160. The van der Waals surface area contributed by atoms with Gasteiger partial charge in [0, 0.05) is 6.42 Å². The van der Waals surface area contributed by atoms with Crippen LogP contribution in [-0.2, 0) is 9.59 Å². The first-order valence-electron chi connectivity index (χ1n) is 2.90. The van der Waals surface area contributed by atoms with E-state index < -0.39 is 6.10 Å². The molecule has 0 aromatic heterocycles. The molecule has 0 aromatic rings. The summed E-state index contributed by atoms with van der Waals surface area (Å²) < 4.78 is 0. The highest BCUT2D eigenvalue weighted by Gasteiger charge is 2.07. The maximum Gasteiger partial charge on any atom is 0.234 e. The van der Waals surface area contributed by atoms with E-state index in [1.165, 1.54) is 13.0 Å². The van der Waals surface area contributed by atoms with Crippen molar-refractivity contribution in [3.63, 3.8) is 0 Å². The van der Waals surface area contributed by atoms with E-state index in [9.17, 15) is 9.59 Å². The van der Waals surface area contributed by atoms with Crippen LogP contribution in [0.25, 0.3) is 0 Å². The molecule has 1 atom stereocenters. The van der Waals surface area contributed by atoms with Gasteiger partial charge in [0.1, 0.15) is 6.10 Å². The van der Waals surface area contributed by atoms with Crippen LogP contribution in [0.2, 0.25) is 0 Å². The molecular formula is C6H9NO3. The maximum absolute atomic E-state index is 10.3. The van der Waals surface area contributed by atoms with Crippen LogP contribution < -0.4 is 0 Å². The number of nitrogens with zero attached hydrogens (tertiary/aromatic N) is 1. The number of hydrogen-bond acceptors (Lipinski definition) is 4. The summed E-state index contributed by atoms with van der Waals surface area (Å²) in [6.07, 6.45) is 0.525. The molecule has 0 fully saturated rings. The third-order valence-electron chi connectivity index (χ3n) is 1.05. The van der Waals surface area contributed by atoms with Gasteiger partial charge in [0.05, 0.1) is 6.54 Å². The first-order chi connectivity index (χ1) is 4.68. The van der Waals surface area contributed by atoms with Gasteiger partial charge in [-0.15, -0.1) is 0 Å². The molecular weight excluding hydrogens is 134 g/mol. The maximum atomic E-state index is 10.3. The van der Waals surface area contributed by atoms with Crippen molar-refractivity contribution in [3.05, 3.63) is 0 Å². The number of aliphatic imine (C=N–C) groups is 1. The third-order valence-corrected chi connectivity index (χ3v) is 1.05. The van der Waals surface area contributed by atoms with E-state index in [0.29, 0.717) is 0 Å². The minimum atomic E-state index is -0.989. The van der Waals surface area contributed by atoms with Crippen LogP contribution in [0.1, 0.15) is 13.3 Å². The molecule has 1 unspecified atom stereocenters. The molecule has 0 bridgehead atoms. The van der Waals surface area contributed by atoms with E-state index in [0.717, 1.165) is 0 Å². The summed E-state index contributed by atoms with van der Waals surface area (Å²) in [5.74, 6) is -0.305. The standard InChI is InChI=1S/C6H9NO3/c1-5(9)6(10)2-3-7-4-8/h6,10H,2-3H2,1H3. The summed E-state index contributed by atoms with van der Waals surface area (Å²) >= 11 is 0. The average Bonchev–Trinajstić information content (AvgIpc) is 1.88. The van der Waals surface area contributed by atoms with Gasteiger partial charge in [-0.2, -0.15) is 0 Å². The lowest BCUT2D eigenvalue weighted by molar-refractivity contribution is -0.125. The number of hydrogen-bond donors (Lipinski definition) is 1. The van der Waals surface area contributed by atoms with Gasteiger partial charge in [-0.3, -0.25) is 4.79 Å². The minimum absolute atomic E-state index is 0.157. The van der Waals surface area contributed by atoms with Crippen LogP contribution in [0.3, 0.4) is 0 Å². The predicted octanol–water partition coefficient (Wildman–Crippen LogP) is -0.338. The number of Topliss-reactive ketones (excluding diaryl/α,β-unsaturated/α-hetero) is 1. The Labute approximate surface area is 58.6 Å².